The minimum Gasteiger partial charge on any atom is -0.497 e. The Balaban J connectivity index is 2.30. The molecular formula is C16H17FO3. The largest absolute Gasteiger partial charge is 0.497 e. The van der Waals surface area contributed by atoms with E-state index in [0.717, 1.165) is 5.56 Å². The highest BCUT2D eigenvalue weighted by molar-refractivity contribution is 5.36. The van der Waals surface area contributed by atoms with Gasteiger partial charge in [-0.2, -0.15) is 0 Å². The fraction of sp³-hybridized carbons (Fsp3) is 0.250. The maximum Gasteiger partial charge on any atom is 0.133 e. The van der Waals surface area contributed by atoms with E-state index >= 15 is 0 Å². The summed E-state index contributed by atoms with van der Waals surface area (Å²) in [7, 11) is 3.07. The molecule has 20 heavy (non-hydrogen) atoms. The van der Waals surface area contributed by atoms with Gasteiger partial charge in [-0.3, -0.25) is 0 Å². The zero-order chi connectivity index (χ0) is 14.5. The van der Waals surface area contributed by atoms with Crippen molar-refractivity contribution < 1.29 is 19.0 Å². The molecule has 0 aliphatic heterocycles. The lowest BCUT2D eigenvalue weighted by molar-refractivity contribution is 0.184. The molecule has 1 N–H and O–H groups in total. The maximum atomic E-state index is 14.0. The molecule has 2 rings (SSSR count). The quantitative estimate of drug-likeness (QED) is 0.912. The van der Waals surface area contributed by atoms with Gasteiger partial charge in [-0.05, 0) is 23.3 Å². The first-order chi connectivity index (χ1) is 9.65. The minimum atomic E-state index is -1.02. The van der Waals surface area contributed by atoms with Gasteiger partial charge in [0.05, 0.1) is 13.7 Å². The van der Waals surface area contributed by atoms with Crippen molar-refractivity contribution in [2.45, 2.75) is 12.7 Å². The SMILES string of the molecule is COCc1cccc(C(O)c2ccc(OC)cc2F)c1. The van der Waals surface area contributed by atoms with Gasteiger partial charge < -0.3 is 14.6 Å². The van der Waals surface area contributed by atoms with Crippen molar-refractivity contribution in [2.75, 3.05) is 14.2 Å². The molecule has 106 valence electrons. The normalized spacial score (nSPS) is 12.2. The monoisotopic (exact) mass is 276 g/mol. The summed E-state index contributed by atoms with van der Waals surface area (Å²) in [5.41, 5.74) is 1.78. The van der Waals surface area contributed by atoms with Gasteiger partial charge in [0.1, 0.15) is 17.7 Å². The predicted octanol–water partition coefficient (Wildman–Crippen LogP) is 3.06. The molecule has 0 aliphatic carbocycles. The summed E-state index contributed by atoms with van der Waals surface area (Å²) in [5, 5.41) is 10.3. The molecule has 2 aromatic carbocycles. The Kier molecular flexibility index (Phi) is 4.71. The lowest BCUT2D eigenvalue weighted by atomic mass is 9.99. The molecule has 2 aromatic rings. The van der Waals surface area contributed by atoms with Crippen LogP contribution in [0, 0.1) is 5.82 Å². The second-order valence-electron chi connectivity index (χ2n) is 4.47. The van der Waals surface area contributed by atoms with Gasteiger partial charge in [0.2, 0.25) is 0 Å². The van der Waals surface area contributed by atoms with E-state index in [1.54, 1.807) is 25.3 Å². The second-order valence-corrected chi connectivity index (χ2v) is 4.47. The molecular weight excluding hydrogens is 259 g/mol. The number of halogens is 1. The Bertz CT molecular complexity index is 584. The Morgan fingerprint density at radius 2 is 1.95 bits per heavy atom. The van der Waals surface area contributed by atoms with E-state index in [-0.39, 0.29) is 5.56 Å². The van der Waals surface area contributed by atoms with Crippen LogP contribution in [0.15, 0.2) is 42.5 Å². The van der Waals surface area contributed by atoms with Crippen LogP contribution >= 0.6 is 0 Å². The summed E-state index contributed by atoms with van der Waals surface area (Å²) < 4.78 is 24.0. The number of aliphatic hydroxyl groups is 1. The highest BCUT2D eigenvalue weighted by Crippen LogP contribution is 2.27. The van der Waals surface area contributed by atoms with E-state index in [2.05, 4.69) is 0 Å². The lowest BCUT2D eigenvalue weighted by Crippen LogP contribution is -2.03. The summed E-state index contributed by atoms with van der Waals surface area (Å²) in [5.74, 6) is -0.0689. The second kappa shape index (κ2) is 6.50. The van der Waals surface area contributed by atoms with Crippen LogP contribution in [0.25, 0.3) is 0 Å². The highest BCUT2D eigenvalue weighted by atomic mass is 19.1. The molecule has 1 atom stereocenters. The van der Waals surface area contributed by atoms with Gasteiger partial charge in [-0.25, -0.2) is 4.39 Å². The van der Waals surface area contributed by atoms with Crippen LogP contribution in [0.1, 0.15) is 22.8 Å². The average Bonchev–Trinajstić information content (AvgIpc) is 2.47. The van der Waals surface area contributed by atoms with Crippen LogP contribution in [-0.4, -0.2) is 19.3 Å². The molecule has 1 unspecified atom stereocenters. The first-order valence-corrected chi connectivity index (χ1v) is 6.25. The van der Waals surface area contributed by atoms with Gasteiger partial charge in [0.15, 0.2) is 0 Å². The van der Waals surface area contributed by atoms with E-state index in [0.29, 0.717) is 17.9 Å². The number of aliphatic hydroxyl groups excluding tert-OH is 1. The summed E-state index contributed by atoms with van der Waals surface area (Å²) in [4.78, 5) is 0. The fourth-order valence-electron chi connectivity index (χ4n) is 2.06. The molecule has 0 amide bonds. The Morgan fingerprint density at radius 3 is 2.60 bits per heavy atom. The number of methoxy groups -OCH3 is 2. The zero-order valence-electron chi connectivity index (χ0n) is 11.5. The highest BCUT2D eigenvalue weighted by Gasteiger charge is 2.16. The standard InChI is InChI=1S/C16H17FO3/c1-19-10-11-4-3-5-12(8-11)16(18)14-7-6-13(20-2)9-15(14)17/h3-9,16,18H,10H2,1-2H3. The fourth-order valence-corrected chi connectivity index (χ4v) is 2.06. The number of hydrogen-bond donors (Lipinski definition) is 1. The van der Waals surface area contributed by atoms with Crippen molar-refractivity contribution in [2.24, 2.45) is 0 Å². The third kappa shape index (κ3) is 3.15. The van der Waals surface area contributed by atoms with Crippen LogP contribution in [0.4, 0.5) is 4.39 Å². The van der Waals surface area contributed by atoms with Crippen molar-refractivity contribution in [3.05, 3.63) is 65.0 Å². The van der Waals surface area contributed by atoms with Gasteiger partial charge in [-0.15, -0.1) is 0 Å². The minimum absolute atomic E-state index is 0.223. The molecule has 3 nitrogen and oxygen atoms in total. The third-order valence-corrected chi connectivity index (χ3v) is 3.08. The summed E-state index contributed by atoms with van der Waals surface area (Å²) in [6, 6.07) is 11.7. The smallest absolute Gasteiger partial charge is 0.133 e. The Morgan fingerprint density at radius 1 is 1.15 bits per heavy atom. The van der Waals surface area contributed by atoms with Gasteiger partial charge in [0.25, 0.3) is 0 Å². The van der Waals surface area contributed by atoms with Crippen molar-refractivity contribution in [1.82, 2.24) is 0 Å². The van der Waals surface area contributed by atoms with Crippen LogP contribution in [0.5, 0.6) is 5.75 Å². The topological polar surface area (TPSA) is 38.7 Å². The van der Waals surface area contributed by atoms with Crippen LogP contribution in [0.3, 0.4) is 0 Å². The first-order valence-electron chi connectivity index (χ1n) is 6.25. The van der Waals surface area contributed by atoms with Crippen molar-refractivity contribution >= 4 is 0 Å². The van der Waals surface area contributed by atoms with Gasteiger partial charge >= 0.3 is 0 Å². The Labute approximate surface area is 117 Å². The van der Waals surface area contributed by atoms with Crippen molar-refractivity contribution in [3.63, 3.8) is 0 Å². The maximum absolute atomic E-state index is 14.0. The molecule has 0 radical (unpaired) electrons. The number of hydrogen-bond acceptors (Lipinski definition) is 3. The Hall–Kier alpha value is -1.91. The molecule has 4 heteroatoms. The van der Waals surface area contributed by atoms with E-state index in [1.165, 1.54) is 19.2 Å². The molecule has 0 spiro atoms. The number of ether oxygens (including phenoxy) is 2. The van der Waals surface area contributed by atoms with Crippen molar-refractivity contribution in [3.8, 4) is 5.75 Å². The third-order valence-electron chi connectivity index (χ3n) is 3.08. The molecule has 0 saturated heterocycles. The summed E-state index contributed by atoms with van der Waals surface area (Å²) in [6.07, 6.45) is -1.02. The average molecular weight is 276 g/mol. The summed E-state index contributed by atoms with van der Waals surface area (Å²) in [6.45, 7) is 0.450. The number of benzene rings is 2. The van der Waals surface area contributed by atoms with Crippen molar-refractivity contribution in [1.29, 1.82) is 0 Å². The molecule has 0 saturated carbocycles. The number of rotatable bonds is 5. The van der Waals surface area contributed by atoms with Gasteiger partial charge in [0, 0.05) is 18.7 Å². The van der Waals surface area contributed by atoms with Crippen LogP contribution in [-0.2, 0) is 11.3 Å². The summed E-state index contributed by atoms with van der Waals surface area (Å²) >= 11 is 0. The zero-order valence-corrected chi connectivity index (χ0v) is 11.5. The van der Waals surface area contributed by atoms with E-state index in [9.17, 15) is 9.50 Å². The van der Waals surface area contributed by atoms with E-state index < -0.39 is 11.9 Å². The van der Waals surface area contributed by atoms with Gasteiger partial charge in [-0.1, -0.05) is 24.3 Å². The van der Waals surface area contributed by atoms with E-state index in [4.69, 9.17) is 9.47 Å². The first kappa shape index (κ1) is 14.5. The predicted molar refractivity (Wildman–Crippen MR) is 74.2 cm³/mol. The van der Waals surface area contributed by atoms with Crippen LogP contribution in [0.2, 0.25) is 0 Å². The lowest BCUT2D eigenvalue weighted by Gasteiger charge is -2.14. The van der Waals surface area contributed by atoms with E-state index in [1.807, 2.05) is 12.1 Å². The molecule has 0 heterocycles. The molecule has 0 fully saturated rings. The van der Waals surface area contributed by atoms with Crippen LogP contribution < -0.4 is 4.74 Å². The molecule has 0 aromatic heterocycles. The molecule has 0 bridgehead atoms. The molecule has 0 aliphatic rings.